The lowest BCUT2D eigenvalue weighted by Gasteiger charge is -2.39. The van der Waals surface area contributed by atoms with Gasteiger partial charge in [-0.3, -0.25) is 5.10 Å². The van der Waals surface area contributed by atoms with Gasteiger partial charge in [0.05, 0.1) is 5.56 Å². The van der Waals surface area contributed by atoms with Crippen molar-refractivity contribution in [2.45, 2.75) is 33.6 Å². The standard InChI is InChI=1S/C15H23N5O/c1-10-7-12(11(2)21-10)13-17-14(19-18-13)20-6-4-5-15(3,8-16)9-20/h7H,4-6,8-9,16H2,1-3H3,(H,17,18,19). The van der Waals surface area contributed by atoms with Gasteiger partial charge in [0.15, 0.2) is 5.82 Å². The second kappa shape index (κ2) is 5.18. The summed E-state index contributed by atoms with van der Waals surface area (Å²) in [7, 11) is 0. The number of rotatable bonds is 3. The van der Waals surface area contributed by atoms with Gasteiger partial charge >= 0.3 is 0 Å². The van der Waals surface area contributed by atoms with Crippen LogP contribution in [-0.2, 0) is 0 Å². The molecule has 0 aromatic carbocycles. The van der Waals surface area contributed by atoms with Crippen LogP contribution in [0, 0.1) is 19.3 Å². The highest BCUT2D eigenvalue weighted by Gasteiger charge is 2.31. The molecule has 1 fully saturated rings. The van der Waals surface area contributed by atoms with Crippen LogP contribution in [0.5, 0.6) is 0 Å². The zero-order valence-corrected chi connectivity index (χ0v) is 12.9. The molecule has 6 nitrogen and oxygen atoms in total. The van der Waals surface area contributed by atoms with Gasteiger partial charge < -0.3 is 15.1 Å². The summed E-state index contributed by atoms with van der Waals surface area (Å²) in [4.78, 5) is 6.86. The van der Waals surface area contributed by atoms with Gasteiger partial charge in [0.25, 0.3) is 0 Å². The molecule has 1 unspecified atom stereocenters. The summed E-state index contributed by atoms with van der Waals surface area (Å²) in [6.45, 7) is 8.69. The number of furan rings is 1. The number of nitrogens with zero attached hydrogens (tertiary/aromatic N) is 3. The van der Waals surface area contributed by atoms with E-state index in [0.717, 1.165) is 54.8 Å². The third-order valence-corrected chi connectivity index (χ3v) is 4.33. The van der Waals surface area contributed by atoms with Gasteiger partial charge in [-0.15, -0.1) is 5.10 Å². The Bertz CT molecular complexity index is 632. The Morgan fingerprint density at radius 1 is 1.48 bits per heavy atom. The first kappa shape index (κ1) is 14.1. The molecule has 0 spiro atoms. The second-order valence-corrected chi connectivity index (χ2v) is 6.35. The number of aromatic amines is 1. The Balaban J connectivity index is 1.83. The maximum atomic E-state index is 5.91. The van der Waals surface area contributed by atoms with E-state index in [1.807, 2.05) is 19.9 Å². The summed E-state index contributed by atoms with van der Waals surface area (Å²) in [6.07, 6.45) is 2.29. The van der Waals surface area contributed by atoms with Gasteiger partial charge in [0.2, 0.25) is 5.95 Å². The van der Waals surface area contributed by atoms with Crippen LogP contribution in [-0.4, -0.2) is 34.8 Å². The van der Waals surface area contributed by atoms with Gasteiger partial charge in [-0.1, -0.05) is 6.92 Å². The Kier molecular flexibility index (Phi) is 3.49. The number of aryl methyl sites for hydroxylation is 2. The molecule has 114 valence electrons. The molecule has 0 bridgehead atoms. The molecule has 3 N–H and O–H groups in total. The third kappa shape index (κ3) is 2.68. The van der Waals surface area contributed by atoms with E-state index in [1.165, 1.54) is 0 Å². The largest absolute Gasteiger partial charge is 0.466 e. The Hall–Kier alpha value is -1.82. The fourth-order valence-electron chi connectivity index (χ4n) is 3.03. The SMILES string of the molecule is Cc1cc(-c2nc(N3CCCC(C)(CN)C3)n[nH]2)c(C)o1. The second-order valence-electron chi connectivity index (χ2n) is 6.35. The molecule has 2 aromatic rings. The van der Waals surface area contributed by atoms with Crippen molar-refractivity contribution >= 4 is 5.95 Å². The van der Waals surface area contributed by atoms with Crippen molar-refractivity contribution in [3.05, 3.63) is 17.6 Å². The monoisotopic (exact) mass is 289 g/mol. The average Bonchev–Trinajstić information content (AvgIpc) is 3.05. The summed E-state index contributed by atoms with van der Waals surface area (Å²) < 4.78 is 5.56. The number of anilines is 1. The van der Waals surface area contributed by atoms with Crippen LogP contribution in [0.15, 0.2) is 10.5 Å². The van der Waals surface area contributed by atoms with Crippen LogP contribution in [0.2, 0.25) is 0 Å². The normalized spacial score (nSPS) is 22.8. The Labute approximate surface area is 124 Å². The van der Waals surface area contributed by atoms with Gasteiger partial charge in [-0.2, -0.15) is 4.98 Å². The molecule has 2 aromatic heterocycles. The van der Waals surface area contributed by atoms with Crippen molar-refractivity contribution in [1.82, 2.24) is 15.2 Å². The van der Waals surface area contributed by atoms with Crippen LogP contribution in [0.4, 0.5) is 5.95 Å². The zero-order valence-electron chi connectivity index (χ0n) is 12.9. The van der Waals surface area contributed by atoms with E-state index in [2.05, 4.69) is 27.0 Å². The smallest absolute Gasteiger partial charge is 0.245 e. The Morgan fingerprint density at radius 3 is 2.95 bits per heavy atom. The number of nitrogens with two attached hydrogens (primary N) is 1. The van der Waals surface area contributed by atoms with Crippen LogP contribution >= 0.6 is 0 Å². The average molecular weight is 289 g/mol. The van der Waals surface area contributed by atoms with Gasteiger partial charge in [-0.05, 0) is 44.7 Å². The summed E-state index contributed by atoms with van der Waals surface area (Å²) in [6, 6.07) is 1.99. The maximum Gasteiger partial charge on any atom is 0.245 e. The summed E-state index contributed by atoms with van der Waals surface area (Å²) in [5.74, 6) is 3.26. The predicted molar refractivity (Wildman–Crippen MR) is 82.2 cm³/mol. The van der Waals surface area contributed by atoms with Gasteiger partial charge in [0, 0.05) is 13.1 Å². The van der Waals surface area contributed by atoms with Crippen LogP contribution in [0.1, 0.15) is 31.3 Å². The van der Waals surface area contributed by atoms with E-state index in [9.17, 15) is 0 Å². The lowest BCUT2D eigenvalue weighted by molar-refractivity contribution is 0.270. The summed E-state index contributed by atoms with van der Waals surface area (Å²) in [5, 5.41) is 7.40. The molecule has 0 aliphatic carbocycles. The maximum absolute atomic E-state index is 5.91. The fraction of sp³-hybridized carbons (Fsp3) is 0.600. The van der Waals surface area contributed by atoms with E-state index < -0.39 is 0 Å². The first-order valence-electron chi connectivity index (χ1n) is 7.45. The minimum atomic E-state index is 0.154. The van der Waals surface area contributed by atoms with Gasteiger partial charge in [-0.25, -0.2) is 0 Å². The van der Waals surface area contributed by atoms with Crippen LogP contribution in [0.3, 0.4) is 0 Å². The summed E-state index contributed by atoms with van der Waals surface area (Å²) >= 11 is 0. The van der Waals surface area contributed by atoms with Crippen molar-refractivity contribution in [3.63, 3.8) is 0 Å². The zero-order chi connectivity index (χ0) is 15.0. The van der Waals surface area contributed by atoms with Crippen molar-refractivity contribution in [2.24, 2.45) is 11.1 Å². The molecular formula is C15H23N5O. The van der Waals surface area contributed by atoms with E-state index in [0.29, 0.717) is 6.54 Å². The van der Waals surface area contributed by atoms with Crippen molar-refractivity contribution < 1.29 is 4.42 Å². The van der Waals surface area contributed by atoms with Crippen molar-refractivity contribution in [2.75, 3.05) is 24.5 Å². The number of nitrogens with one attached hydrogen (secondary N) is 1. The molecule has 0 radical (unpaired) electrons. The molecule has 1 saturated heterocycles. The molecule has 1 aliphatic heterocycles. The molecule has 21 heavy (non-hydrogen) atoms. The first-order valence-corrected chi connectivity index (χ1v) is 7.45. The Morgan fingerprint density at radius 2 is 2.29 bits per heavy atom. The predicted octanol–water partition coefficient (Wildman–Crippen LogP) is 2.25. The van der Waals surface area contributed by atoms with E-state index in [1.54, 1.807) is 0 Å². The fourth-order valence-corrected chi connectivity index (χ4v) is 3.03. The first-order chi connectivity index (χ1) is 10.0. The number of hydrogen-bond acceptors (Lipinski definition) is 5. The van der Waals surface area contributed by atoms with Crippen LogP contribution < -0.4 is 10.6 Å². The molecule has 3 rings (SSSR count). The highest BCUT2D eigenvalue weighted by molar-refractivity contribution is 5.59. The lowest BCUT2D eigenvalue weighted by Crippen LogP contribution is -2.46. The number of H-pyrrole nitrogens is 1. The van der Waals surface area contributed by atoms with Crippen molar-refractivity contribution in [3.8, 4) is 11.4 Å². The number of piperidine rings is 1. The molecule has 1 aliphatic rings. The molecule has 6 heteroatoms. The lowest BCUT2D eigenvalue weighted by atomic mass is 9.82. The van der Waals surface area contributed by atoms with Gasteiger partial charge in [0.1, 0.15) is 11.5 Å². The topological polar surface area (TPSA) is 84.0 Å². The third-order valence-electron chi connectivity index (χ3n) is 4.33. The van der Waals surface area contributed by atoms with E-state index >= 15 is 0 Å². The minimum absolute atomic E-state index is 0.154. The summed E-state index contributed by atoms with van der Waals surface area (Å²) in [5.41, 5.74) is 7.04. The molecule has 0 amide bonds. The molecule has 1 atom stereocenters. The van der Waals surface area contributed by atoms with Crippen LogP contribution in [0.25, 0.3) is 11.4 Å². The number of hydrogen-bond donors (Lipinski definition) is 2. The number of aromatic nitrogens is 3. The van der Waals surface area contributed by atoms with E-state index in [-0.39, 0.29) is 5.41 Å². The molecular weight excluding hydrogens is 266 g/mol. The van der Waals surface area contributed by atoms with Crippen molar-refractivity contribution in [1.29, 1.82) is 0 Å². The highest BCUT2D eigenvalue weighted by Crippen LogP contribution is 2.31. The molecule has 0 saturated carbocycles. The van der Waals surface area contributed by atoms with E-state index in [4.69, 9.17) is 10.2 Å². The minimum Gasteiger partial charge on any atom is -0.466 e. The quantitative estimate of drug-likeness (QED) is 0.905. The highest BCUT2D eigenvalue weighted by atomic mass is 16.3. The molecule has 3 heterocycles.